The second-order valence-electron chi connectivity index (χ2n) is 7.44. The number of nitrogens with zero attached hydrogens (tertiary/aromatic N) is 5. The van der Waals surface area contributed by atoms with Gasteiger partial charge in [-0.2, -0.15) is 0 Å². The molecule has 0 saturated carbocycles. The minimum absolute atomic E-state index is 0.293. The van der Waals surface area contributed by atoms with Crippen molar-refractivity contribution in [2.75, 3.05) is 38.2 Å². The second-order valence-corrected chi connectivity index (χ2v) is 7.44. The molecule has 2 aromatic heterocycles. The van der Waals surface area contributed by atoms with Gasteiger partial charge in [-0.1, -0.05) is 0 Å². The van der Waals surface area contributed by atoms with Gasteiger partial charge in [0, 0.05) is 30.5 Å². The van der Waals surface area contributed by atoms with Gasteiger partial charge in [-0.15, -0.1) is 13.2 Å². The van der Waals surface area contributed by atoms with E-state index < -0.39 is 6.36 Å². The molecule has 33 heavy (non-hydrogen) atoms. The van der Waals surface area contributed by atoms with E-state index in [2.05, 4.69) is 34.9 Å². The van der Waals surface area contributed by atoms with Crippen LogP contribution < -0.4 is 10.1 Å². The molecule has 1 aliphatic rings. The van der Waals surface area contributed by atoms with Crippen molar-refractivity contribution in [1.82, 2.24) is 24.8 Å². The Kier molecular flexibility index (Phi) is 7.30. The first-order chi connectivity index (χ1) is 15.9. The van der Waals surface area contributed by atoms with E-state index >= 15 is 0 Å². The molecule has 1 fully saturated rings. The average molecular weight is 460 g/mol. The van der Waals surface area contributed by atoms with E-state index in [-0.39, 0.29) is 5.75 Å². The number of ether oxygens (including phenoxy) is 2. The van der Waals surface area contributed by atoms with E-state index in [0.717, 1.165) is 51.4 Å². The molecule has 0 bridgehead atoms. The van der Waals surface area contributed by atoms with E-state index in [1.165, 1.54) is 36.9 Å². The van der Waals surface area contributed by atoms with Gasteiger partial charge in [-0.25, -0.2) is 19.9 Å². The molecule has 174 valence electrons. The number of hydrogen-bond donors (Lipinski definition) is 1. The molecule has 3 aromatic rings. The maximum absolute atomic E-state index is 12.3. The smallest absolute Gasteiger partial charge is 0.406 e. The standard InChI is InChI=1S/C22H23F3N6O2/c23-22(24,25)33-18-5-3-16(4-6-18)30-21-13-20(28-15-29-21)19-12-17(26-14-27-19)2-1-7-31-8-10-32-11-9-31/h3-6,12-15H,1-2,7-11H2,(H,28,29,30). The maximum Gasteiger partial charge on any atom is 0.573 e. The number of aromatic nitrogens is 4. The third kappa shape index (κ3) is 7.09. The molecule has 1 aliphatic heterocycles. The topological polar surface area (TPSA) is 85.3 Å². The summed E-state index contributed by atoms with van der Waals surface area (Å²) < 4.78 is 46.2. The highest BCUT2D eigenvalue weighted by Gasteiger charge is 2.30. The molecule has 0 radical (unpaired) electrons. The minimum Gasteiger partial charge on any atom is -0.406 e. The molecule has 0 amide bonds. The van der Waals surface area contributed by atoms with Crippen molar-refractivity contribution >= 4 is 11.5 Å². The number of hydrogen-bond acceptors (Lipinski definition) is 8. The van der Waals surface area contributed by atoms with Crippen molar-refractivity contribution in [1.29, 1.82) is 0 Å². The zero-order valence-corrected chi connectivity index (χ0v) is 17.8. The van der Waals surface area contributed by atoms with Crippen LogP contribution in [0.15, 0.2) is 49.1 Å². The van der Waals surface area contributed by atoms with Gasteiger partial charge >= 0.3 is 6.36 Å². The summed E-state index contributed by atoms with van der Waals surface area (Å²) in [6.45, 7) is 4.49. The molecule has 0 aliphatic carbocycles. The lowest BCUT2D eigenvalue weighted by Gasteiger charge is -2.26. The number of rotatable bonds is 8. The molecule has 4 rings (SSSR count). The van der Waals surface area contributed by atoms with E-state index in [9.17, 15) is 13.2 Å². The van der Waals surface area contributed by atoms with E-state index in [0.29, 0.717) is 22.9 Å². The summed E-state index contributed by atoms with van der Waals surface area (Å²) in [7, 11) is 0. The van der Waals surface area contributed by atoms with Crippen LogP contribution in [-0.2, 0) is 11.2 Å². The fraction of sp³-hybridized carbons (Fsp3) is 0.364. The molecule has 3 heterocycles. The summed E-state index contributed by atoms with van der Waals surface area (Å²) in [6.07, 6.45) is 0.0128. The zero-order valence-electron chi connectivity index (χ0n) is 17.8. The van der Waals surface area contributed by atoms with Gasteiger partial charge in [-0.3, -0.25) is 4.90 Å². The van der Waals surface area contributed by atoms with Crippen LogP contribution in [0.2, 0.25) is 0 Å². The van der Waals surface area contributed by atoms with Crippen LogP contribution in [0.5, 0.6) is 5.75 Å². The van der Waals surface area contributed by atoms with Gasteiger partial charge in [0.2, 0.25) is 0 Å². The van der Waals surface area contributed by atoms with Gasteiger partial charge in [0.25, 0.3) is 0 Å². The molecule has 1 saturated heterocycles. The maximum atomic E-state index is 12.3. The molecule has 0 unspecified atom stereocenters. The molecule has 1 N–H and O–H groups in total. The van der Waals surface area contributed by atoms with Gasteiger partial charge in [0.15, 0.2) is 0 Å². The normalized spacial score (nSPS) is 14.8. The Hall–Kier alpha value is -3.31. The number of anilines is 2. The highest BCUT2D eigenvalue weighted by molar-refractivity contribution is 5.63. The van der Waals surface area contributed by atoms with E-state index in [1.807, 2.05) is 6.07 Å². The first-order valence-corrected chi connectivity index (χ1v) is 10.5. The van der Waals surface area contributed by atoms with Crippen LogP contribution in [0.4, 0.5) is 24.7 Å². The van der Waals surface area contributed by atoms with Crippen molar-refractivity contribution in [3.05, 3.63) is 54.7 Å². The Morgan fingerprint density at radius 2 is 1.64 bits per heavy atom. The van der Waals surface area contributed by atoms with E-state index in [4.69, 9.17) is 4.74 Å². The van der Waals surface area contributed by atoms with Crippen molar-refractivity contribution in [3.8, 4) is 17.1 Å². The van der Waals surface area contributed by atoms with Crippen LogP contribution in [0, 0.1) is 0 Å². The van der Waals surface area contributed by atoms with Gasteiger partial charge in [0.1, 0.15) is 24.2 Å². The summed E-state index contributed by atoms with van der Waals surface area (Å²) in [6, 6.07) is 9.03. The lowest BCUT2D eigenvalue weighted by molar-refractivity contribution is -0.274. The number of morpholine rings is 1. The summed E-state index contributed by atoms with van der Waals surface area (Å²) in [5.74, 6) is 0.190. The third-order valence-corrected chi connectivity index (χ3v) is 5.02. The Bertz CT molecular complexity index is 1040. The van der Waals surface area contributed by atoms with Gasteiger partial charge in [-0.05, 0) is 49.7 Å². The summed E-state index contributed by atoms with van der Waals surface area (Å²) in [5, 5.41) is 3.04. The lowest BCUT2D eigenvalue weighted by Crippen LogP contribution is -2.36. The molecular formula is C22H23F3N6O2. The van der Waals surface area contributed by atoms with Gasteiger partial charge < -0.3 is 14.8 Å². The minimum atomic E-state index is -4.73. The lowest BCUT2D eigenvalue weighted by atomic mass is 10.1. The number of nitrogens with one attached hydrogen (secondary N) is 1. The Morgan fingerprint density at radius 1 is 0.939 bits per heavy atom. The molecule has 8 nitrogen and oxygen atoms in total. The summed E-state index contributed by atoms with van der Waals surface area (Å²) in [5.41, 5.74) is 2.77. The quantitative estimate of drug-likeness (QED) is 0.543. The monoisotopic (exact) mass is 460 g/mol. The van der Waals surface area contributed by atoms with Gasteiger partial charge in [0.05, 0.1) is 24.6 Å². The fourth-order valence-corrected chi connectivity index (χ4v) is 3.44. The van der Waals surface area contributed by atoms with Crippen LogP contribution in [0.25, 0.3) is 11.4 Å². The first kappa shape index (κ1) is 22.9. The Morgan fingerprint density at radius 3 is 2.36 bits per heavy atom. The SMILES string of the molecule is FC(F)(F)Oc1ccc(Nc2cc(-c3cc(CCCN4CCOCC4)ncn3)ncn2)cc1. The zero-order chi connectivity index (χ0) is 23.1. The molecular weight excluding hydrogens is 437 g/mol. The van der Waals surface area contributed by atoms with Crippen molar-refractivity contribution < 1.29 is 22.6 Å². The Balaban J connectivity index is 1.37. The second kappa shape index (κ2) is 10.5. The Labute approximate surface area is 188 Å². The average Bonchev–Trinajstić information content (AvgIpc) is 2.81. The molecule has 0 spiro atoms. The highest BCUT2D eigenvalue weighted by atomic mass is 19.4. The van der Waals surface area contributed by atoms with Crippen LogP contribution >= 0.6 is 0 Å². The largest absolute Gasteiger partial charge is 0.573 e. The van der Waals surface area contributed by atoms with Crippen LogP contribution in [-0.4, -0.2) is 64.0 Å². The third-order valence-electron chi connectivity index (χ3n) is 5.02. The van der Waals surface area contributed by atoms with Crippen LogP contribution in [0.3, 0.4) is 0 Å². The molecule has 0 atom stereocenters. The van der Waals surface area contributed by atoms with Crippen molar-refractivity contribution in [2.24, 2.45) is 0 Å². The summed E-state index contributed by atoms with van der Waals surface area (Å²) in [4.78, 5) is 19.5. The van der Waals surface area contributed by atoms with E-state index in [1.54, 1.807) is 6.07 Å². The number of halogens is 3. The number of alkyl halides is 3. The first-order valence-electron chi connectivity index (χ1n) is 10.5. The molecule has 11 heteroatoms. The molecule has 1 aromatic carbocycles. The predicted octanol–water partition coefficient (Wildman–Crippen LogP) is 3.84. The van der Waals surface area contributed by atoms with Crippen molar-refractivity contribution in [3.63, 3.8) is 0 Å². The predicted molar refractivity (Wildman–Crippen MR) is 115 cm³/mol. The fourth-order valence-electron chi connectivity index (χ4n) is 3.44. The summed E-state index contributed by atoms with van der Waals surface area (Å²) >= 11 is 0. The number of aryl methyl sites for hydroxylation is 1. The number of benzene rings is 1. The highest BCUT2D eigenvalue weighted by Crippen LogP contribution is 2.25. The van der Waals surface area contributed by atoms with Crippen molar-refractivity contribution in [2.45, 2.75) is 19.2 Å². The van der Waals surface area contributed by atoms with Crippen LogP contribution in [0.1, 0.15) is 12.1 Å².